The molecule has 0 bridgehead atoms. The van der Waals surface area contributed by atoms with Gasteiger partial charge in [0, 0.05) is 8.07 Å². The van der Waals surface area contributed by atoms with E-state index in [1.165, 1.54) is 22.7 Å². The molecule has 0 unspecified atom stereocenters. The Bertz CT molecular complexity index is 610. The van der Waals surface area contributed by atoms with Gasteiger partial charge in [-0.1, -0.05) is 93.0 Å². The van der Waals surface area contributed by atoms with Gasteiger partial charge < -0.3 is 0 Å². The smallest absolute Gasteiger partial charge is 0.0480 e. The molecule has 0 nitrogen and oxygen atoms in total. The van der Waals surface area contributed by atoms with Crippen LogP contribution in [0.5, 0.6) is 0 Å². The SMILES string of the molecule is C=Cc1ccc(-c2ccc(C=CC[Si](C)(C)C)cc2)cc1. The van der Waals surface area contributed by atoms with E-state index >= 15 is 0 Å². The van der Waals surface area contributed by atoms with Crippen molar-refractivity contribution in [2.24, 2.45) is 0 Å². The summed E-state index contributed by atoms with van der Waals surface area (Å²) in [6.45, 7) is 11.0. The highest BCUT2D eigenvalue weighted by molar-refractivity contribution is 6.76. The lowest BCUT2D eigenvalue weighted by Crippen LogP contribution is -2.17. The fourth-order valence-corrected chi connectivity index (χ4v) is 2.97. The van der Waals surface area contributed by atoms with Crippen molar-refractivity contribution in [3.8, 4) is 11.1 Å². The first-order chi connectivity index (χ1) is 9.98. The summed E-state index contributed by atoms with van der Waals surface area (Å²) < 4.78 is 0. The monoisotopic (exact) mass is 292 g/mol. The molecule has 0 aliphatic rings. The molecule has 2 aromatic carbocycles. The molecule has 1 heteroatoms. The van der Waals surface area contributed by atoms with E-state index in [0.29, 0.717) is 0 Å². The predicted octanol–water partition coefficient (Wildman–Crippen LogP) is 6.35. The molecule has 2 aromatic rings. The maximum absolute atomic E-state index is 3.79. The zero-order valence-electron chi connectivity index (χ0n) is 13.3. The summed E-state index contributed by atoms with van der Waals surface area (Å²) in [5, 5.41) is 0. The van der Waals surface area contributed by atoms with Gasteiger partial charge in [0.2, 0.25) is 0 Å². The van der Waals surface area contributed by atoms with Crippen molar-refractivity contribution >= 4 is 20.2 Å². The molecule has 108 valence electrons. The molecule has 0 amide bonds. The van der Waals surface area contributed by atoms with Crippen molar-refractivity contribution in [2.75, 3.05) is 0 Å². The van der Waals surface area contributed by atoms with Crippen molar-refractivity contribution in [2.45, 2.75) is 25.7 Å². The van der Waals surface area contributed by atoms with Gasteiger partial charge in [-0.2, -0.15) is 0 Å². The van der Waals surface area contributed by atoms with E-state index in [4.69, 9.17) is 0 Å². The number of hydrogen-bond acceptors (Lipinski definition) is 0. The maximum Gasteiger partial charge on any atom is 0.0480 e. The lowest BCUT2D eigenvalue weighted by atomic mass is 10.0. The third-order valence-corrected chi connectivity index (χ3v) is 4.89. The normalized spacial score (nSPS) is 11.8. The van der Waals surface area contributed by atoms with Crippen LogP contribution in [0.4, 0.5) is 0 Å². The average molecular weight is 292 g/mol. The summed E-state index contributed by atoms with van der Waals surface area (Å²) in [7, 11) is -0.979. The zero-order chi connectivity index (χ0) is 15.3. The van der Waals surface area contributed by atoms with Crippen molar-refractivity contribution in [3.63, 3.8) is 0 Å². The van der Waals surface area contributed by atoms with Crippen LogP contribution in [0.2, 0.25) is 25.7 Å². The van der Waals surface area contributed by atoms with Gasteiger partial charge in [-0.25, -0.2) is 0 Å². The molecule has 0 heterocycles. The van der Waals surface area contributed by atoms with E-state index in [-0.39, 0.29) is 0 Å². The van der Waals surface area contributed by atoms with Gasteiger partial charge in [0.05, 0.1) is 0 Å². The summed E-state index contributed by atoms with van der Waals surface area (Å²) >= 11 is 0. The van der Waals surface area contributed by atoms with E-state index < -0.39 is 8.07 Å². The Morgan fingerprint density at radius 2 is 1.29 bits per heavy atom. The molecular weight excluding hydrogens is 268 g/mol. The summed E-state index contributed by atoms with van der Waals surface area (Å²) in [6.07, 6.45) is 6.43. The average Bonchev–Trinajstić information content (AvgIpc) is 2.47. The van der Waals surface area contributed by atoms with Crippen LogP contribution in [0, 0.1) is 0 Å². The fraction of sp³-hybridized carbons (Fsp3) is 0.200. The molecule has 0 aliphatic carbocycles. The molecule has 0 radical (unpaired) electrons. The maximum atomic E-state index is 3.79. The molecule has 0 fully saturated rings. The Morgan fingerprint density at radius 1 is 0.810 bits per heavy atom. The molecule has 0 atom stereocenters. The third-order valence-electron chi connectivity index (χ3n) is 3.43. The van der Waals surface area contributed by atoms with E-state index in [0.717, 1.165) is 5.56 Å². The Hall–Kier alpha value is -1.86. The van der Waals surface area contributed by atoms with Crippen LogP contribution < -0.4 is 0 Å². The van der Waals surface area contributed by atoms with E-state index in [1.807, 2.05) is 6.08 Å². The lowest BCUT2D eigenvalue weighted by Gasteiger charge is -2.11. The molecule has 2 rings (SSSR count). The van der Waals surface area contributed by atoms with Crippen molar-refractivity contribution in [3.05, 3.63) is 72.3 Å². The molecule has 0 saturated carbocycles. The van der Waals surface area contributed by atoms with Gasteiger partial charge in [-0.15, -0.1) is 0 Å². The fourth-order valence-electron chi connectivity index (χ4n) is 2.15. The van der Waals surface area contributed by atoms with Gasteiger partial charge in [-0.05, 0) is 28.3 Å². The second-order valence-corrected chi connectivity index (χ2v) is 12.1. The minimum atomic E-state index is -0.979. The molecule has 0 aliphatic heterocycles. The predicted molar refractivity (Wildman–Crippen MR) is 99.2 cm³/mol. The van der Waals surface area contributed by atoms with Crippen LogP contribution in [-0.4, -0.2) is 8.07 Å². The minimum Gasteiger partial charge on any atom is -0.0985 e. The Kier molecular flexibility index (Phi) is 4.97. The highest BCUT2D eigenvalue weighted by Crippen LogP contribution is 2.21. The van der Waals surface area contributed by atoms with Crippen molar-refractivity contribution in [1.29, 1.82) is 0 Å². The molecule has 0 spiro atoms. The molecule has 0 saturated heterocycles. The highest BCUT2D eigenvalue weighted by atomic mass is 28.3. The third kappa shape index (κ3) is 4.87. The minimum absolute atomic E-state index is 0.979. The molecule has 0 N–H and O–H groups in total. The van der Waals surface area contributed by atoms with Crippen LogP contribution in [0.15, 0.2) is 61.2 Å². The van der Waals surface area contributed by atoms with E-state index in [1.54, 1.807) is 0 Å². The van der Waals surface area contributed by atoms with Gasteiger partial charge >= 0.3 is 0 Å². The summed E-state index contributed by atoms with van der Waals surface area (Å²) in [6, 6.07) is 18.5. The van der Waals surface area contributed by atoms with E-state index in [2.05, 4.69) is 86.9 Å². The van der Waals surface area contributed by atoms with Crippen LogP contribution >= 0.6 is 0 Å². The summed E-state index contributed by atoms with van der Waals surface area (Å²) in [5.41, 5.74) is 4.94. The van der Waals surface area contributed by atoms with Gasteiger partial charge in [-0.3, -0.25) is 0 Å². The second kappa shape index (κ2) is 6.73. The van der Waals surface area contributed by atoms with Gasteiger partial charge in [0.15, 0.2) is 0 Å². The molecule has 21 heavy (non-hydrogen) atoms. The largest absolute Gasteiger partial charge is 0.0985 e. The lowest BCUT2D eigenvalue weighted by molar-refractivity contribution is 1.51. The summed E-state index contributed by atoms with van der Waals surface area (Å²) in [5.74, 6) is 0. The van der Waals surface area contributed by atoms with Crippen LogP contribution in [0.3, 0.4) is 0 Å². The Morgan fingerprint density at radius 3 is 1.71 bits per heavy atom. The van der Waals surface area contributed by atoms with Crippen LogP contribution in [0.25, 0.3) is 23.3 Å². The standard InChI is InChI=1S/C20H24Si/c1-5-17-8-12-19(13-9-17)20-14-10-18(11-15-20)7-6-16-21(2,3)4/h5-15H,1,16H2,2-4H3. The van der Waals surface area contributed by atoms with Gasteiger partial charge in [0.1, 0.15) is 0 Å². The number of rotatable bonds is 5. The Labute approximate surface area is 129 Å². The second-order valence-electron chi connectivity index (χ2n) is 6.62. The van der Waals surface area contributed by atoms with Crippen molar-refractivity contribution < 1.29 is 0 Å². The molecular formula is C20H24Si. The first-order valence-electron chi connectivity index (χ1n) is 7.47. The zero-order valence-corrected chi connectivity index (χ0v) is 14.3. The van der Waals surface area contributed by atoms with Gasteiger partial charge in [0.25, 0.3) is 0 Å². The first kappa shape index (κ1) is 15.5. The first-order valence-corrected chi connectivity index (χ1v) is 11.2. The number of allylic oxidation sites excluding steroid dienone is 1. The van der Waals surface area contributed by atoms with Crippen LogP contribution in [-0.2, 0) is 0 Å². The quantitative estimate of drug-likeness (QED) is 0.563. The van der Waals surface area contributed by atoms with Crippen molar-refractivity contribution in [1.82, 2.24) is 0 Å². The summed E-state index contributed by atoms with van der Waals surface area (Å²) in [4.78, 5) is 0. The number of hydrogen-bond donors (Lipinski definition) is 0. The van der Waals surface area contributed by atoms with E-state index in [9.17, 15) is 0 Å². The highest BCUT2D eigenvalue weighted by Gasteiger charge is 2.09. The Balaban J connectivity index is 2.09. The number of benzene rings is 2. The topological polar surface area (TPSA) is 0 Å². The molecule has 0 aromatic heterocycles. The van der Waals surface area contributed by atoms with Crippen LogP contribution in [0.1, 0.15) is 11.1 Å².